The third-order valence-electron chi connectivity index (χ3n) is 4.34. The molecule has 1 aromatic rings. The normalized spacial score (nSPS) is 29.1. The van der Waals surface area contributed by atoms with Gasteiger partial charge in [0, 0.05) is 0 Å². The highest BCUT2D eigenvalue weighted by Gasteiger charge is 2.61. The fourth-order valence-corrected chi connectivity index (χ4v) is 3.16. The van der Waals surface area contributed by atoms with E-state index < -0.39 is 11.0 Å². The van der Waals surface area contributed by atoms with Gasteiger partial charge >= 0.3 is 5.97 Å². The van der Waals surface area contributed by atoms with Crippen LogP contribution in [0.15, 0.2) is 18.2 Å². The van der Waals surface area contributed by atoms with Crippen LogP contribution in [-0.4, -0.2) is 23.8 Å². The molecule has 1 aliphatic rings. The van der Waals surface area contributed by atoms with Gasteiger partial charge in [-0.1, -0.05) is 43.1 Å². The third kappa shape index (κ3) is 2.32. The summed E-state index contributed by atoms with van der Waals surface area (Å²) < 4.78 is 4.93. The molecule has 0 atom stereocenters. The number of esters is 1. The Morgan fingerprint density at radius 3 is 2.35 bits per heavy atom. The van der Waals surface area contributed by atoms with E-state index in [-0.39, 0.29) is 11.9 Å². The first-order chi connectivity index (χ1) is 9.25. The van der Waals surface area contributed by atoms with Crippen LogP contribution in [0, 0.1) is 5.92 Å². The summed E-state index contributed by atoms with van der Waals surface area (Å²) in [5.74, 6) is -0.274. The summed E-state index contributed by atoms with van der Waals surface area (Å²) in [6, 6.07) is 5.11. The van der Waals surface area contributed by atoms with Gasteiger partial charge in [0.25, 0.3) is 0 Å². The van der Waals surface area contributed by atoms with Crippen LogP contribution in [0.3, 0.4) is 0 Å². The van der Waals surface area contributed by atoms with Crippen molar-refractivity contribution in [1.82, 2.24) is 0 Å². The maximum Gasteiger partial charge on any atom is 0.316 e. The van der Waals surface area contributed by atoms with Crippen LogP contribution in [0.4, 0.5) is 0 Å². The van der Waals surface area contributed by atoms with Crippen LogP contribution < -0.4 is 0 Å². The minimum Gasteiger partial charge on any atom is -0.468 e. The summed E-state index contributed by atoms with van der Waals surface area (Å²) in [7, 11) is 1.36. The van der Waals surface area contributed by atoms with Crippen LogP contribution in [0.25, 0.3) is 0 Å². The monoisotopic (exact) mass is 316 g/mol. The first-order valence-corrected chi connectivity index (χ1v) is 7.27. The Kier molecular flexibility index (Phi) is 4.07. The fourth-order valence-electron chi connectivity index (χ4n) is 2.86. The Morgan fingerprint density at radius 1 is 1.30 bits per heavy atom. The van der Waals surface area contributed by atoms with Gasteiger partial charge in [0.15, 0.2) is 0 Å². The van der Waals surface area contributed by atoms with Crippen molar-refractivity contribution in [3.05, 3.63) is 33.8 Å². The molecule has 0 unspecified atom stereocenters. The van der Waals surface area contributed by atoms with E-state index in [0.29, 0.717) is 22.9 Å². The van der Waals surface area contributed by atoms with Crippen LogP contribution in [0.1, 0.15) is 32.3 Å². The molecule has 2 rings (SSSR count). The Labute approximate surface area is 128 Å². The largest absolute Gasteiger partial charge is 0.468 e. The molecular weight excluding hydrogens is 299 g/mol. The van der Waals surface area contributed by atoms with E-state index in [0.717, 1.165) is 5.56 Å². The summed E-state index contributed by atoms with van der Waals surface area (Å²) in [6.45, 7) is 3.88. The molecular formula is C15H18Cl2O3. The molecule has 110 valence electrons. The van der Waals surface area contributed by atoms with Gasteiger partial charge in [0.05, 0.1) is 28.2 Å². The lowest BCUT2D eigenvalue weighted by molar-refractivity contribution is -0.175. The number of carbonyl (C=O) groups is 1. The predicted octanol–water partition coefficient (Wildman–Crippen LogP) is 3.59. The second-order valence-electron chi connectivity index (χ2n) is 5.81. The molecule has 1 saturated carbocycles. The molecule has 1 aliphatic carbocycles. The smallest absolute Gasteiger partial charge is 0.316 e. The number of hydrogen-bond acceptors (Lipinski definition) is 3. The molecule has 0 radical (unpaired) electrons. The van der Waals surface area contributed by atoms with Crippen LogP contribution in [-0.2, 0) is 14.9 Å². The van der Waals surface area contributed by atoms with Crippen molar-refractivity contribution in [2.24, 2.45) is 5.92 Å². The fraction of sp³-hybridized carbons (Fsp3) is 0.533. The highest BCUT2D eigenvalue weighted by atomic mass is 35.5. The van der Waals surface area contributed by atoms with E-state index in [2.05, 4.69) is 0 Å². The van der Waals surface area contributed by atoms with E-state index in [1.165, 1.54) is 7.11 Å². The summed E-state index contributed by atoms with van der Waals surface area (Å²) in [6.07, 6.45) is 0.671. The van der Waals surface area contributed by atoms with E-state index in [1.54, 1.807) is 18.2 Å². The van der Waals surface area contributed by atoms with Crippen LogP contribution >= 0.6 is 23.2 Å². The van der Waals surface area contributed by atoms with Crippen molar-refractivity contribution in [3.63, 3.8) is 0 Å². The molecule has 0 spiro atoms. The number of aliphatic hydroxyl groups is 1. The van der Waals surface area contributed by atoms with Crippen molar-refractivity contribution >= 4 is 29.2 Å². The maximum atomic E-state index is 12.2. The molecule has 0 heterocycles. The molecule has 5 heteroatoms. The van der Waals surface area contributed by atoms with Crippen molar-refractivity contribution < 1.29 is 14.6 Å². The van der Waals surface area contributed by atoms with E-state index in [1.807, 2.05) is 13.8 Å². The van der Waals surface area contributed by atoms with E-state index in [9.17, 15) is 9.90 Å². The van der Waals surface area contributed by atoms with Gasteiger partial charge in [0.2, 0.25) is 0 Å². The average Bonchev–Trinajstić information content (AvgIpc) is 2.37. The minimum absolute atomic E-state index is 0.0723. The first-order valence-electron chi connectivity index (χ1n) is 6.51. The SMILES string of the molecule is COC(=O)C1(c2ccc(Cl)c(Cl)c2)CC(O)(C(C)C)C1. The molecule has 0 amide bonds. The summed E-state index contributed by atoms with van der Waals surface area (Å²) in [4.78, 5) is 12.2. The number of benzene rings is 1. The zero-order valence-electron chi connectivity index (χ0n) is 11.7. The first kappa shape index (κ1) is 15.6. The van der Waals surface area contributed by atoms with Gasteiger partial charge in [-0.15, -0.1) is 0 Å². The van der Waals surface area contributed by atoms with Crippen LogP contribution in [0.5, 0.6) is 0 Å². The molecule has 20 heavy (non-hydrogen) atoms. The molecule has 3 nitrogen and oxygen atoms in total. The van der Waals surface area contributed by atoms with Crippen molar-refractivity contribution in [2.75, 3.05) is 7.11 Å². The van der Waals surface area contributed by atoms with Crippen LogP contribution in [0.2, 0.25) is 10.0 Å². The number of methoxy groups -OCH3 is 1. The lowest BCUT2D eigenvalue weighted by atomic mass is 9.53. The molecule has 0 aromatic heterocycles. The van der Waals surface area contributed by atoms with Crippen molar-refractivity contribution in [3.8, 4) is 0 Å². The third-order valence-corrected chi connectivity index (χ3v) is 5.08. The molecule has 1 N–H and O–H groups in total. The Hall–Kier alpha value is -0.770. The zero-order chi connectivity index (χ0) is 15.1. The molecule has 0 saturated heterocycles. The van der Waals surface area contributed by atoms with Gasteiger partial charge in [-0.25, -0.2) is 0 Å². The van der Waals surface area contributed by atoms with Gasteiger partial charge in [0.1, 0.15) is 0 Å². The Morgan fingerprint density at radius 2 is 1.90 bits per heavy atom. The van der Waals surface area contributed by atoms with E-state index >= 15 is 0 Å². The van der Waals surface area contributed by atoms with Crippen molar-refractivity contribution in [1.29, 1.82) is 0 Å². The number of carbonyl (C=O) groups excluding carboxylic acids is 1. The predicted molar refractivity (Wildman–Crippen MR) is 79.2 cm³/mol. The molecule has 1 fully saturated rings. The van der Waals surface area contributed by atoms with Crippen molar-refractivity contribution in [2.45, 2.75) is 37.7 Å². The lowest BCUT2D eigenvalue weighted by Crippen LogP contribution is -2.61. The second kappa shape index (κ2) is 5.21. The van der Waals surface area contributed by atoms with Gasteiger partial charge in [-0.2, -0.15) is 0 Å². The van der Waals surface area contributed by atoms with Gasteiger partial charge in [-0.05, 0) is 36.5 Å². The van der Waals surface area contributed by atoms with E-state index in [4.69, 9.17) is 27.9 Å². The summed E-state index contributed by atoms with van der Waals surface area (Å²) in [5, 5.41) is 11.3. The molecule has 1 aromatic carbocycles. The van der Waals surface area contributed by atoms with Gasteiger partial charge in [-0.3, -0.25) is 4.79 Å². The lowest BCUT2D eigenvalue weighted by Gasteiger charge is -2.53. The molecule has 0 bridgehead atoms. The summed E-state index contributed by atoms with van der Waals surface area (Å²) in [5.41, 5.74) is -0.938. The quantitative estimate of drug-likeness (QED) is 0.867. The Bertz CT molecular complexity index is 534. The topological polar surface area (TPSA) is 46.5 Å². The standard InChI is InChI=1S/C15H18Cl2O3/c1-9(2)15(19)7-14(8-15,13(18)20-3)10-4-5-11(16)12(17)6-10/h4-6,9,19H,7-8H2,1-3H3. The highest BCUT2D eigenvalue weighted by Crippen LogP contribution is 2.54. The minimum atomic E-state index is -0.847. The summed E-state index contributed by atoms with van der Waals surface area (Å²) >= 11 is 12.0. The number of hydrogen-bond donors (Lipinski definition) is 1. The highest BCUT2D eigenvalue weighted by molar-refractivity contribution is 6.42. The maximum absolute atomic E-state index is 12.2. The number of rotatable bonds is 3. The number of ether oxygens (including phenoxy) is 1. The average molecular weight is 317 g/mol. The Balaban J connectivity index is 2.41. The second-order valence-corrected chi connectivity index (χ2v) is 6.63. The zero-order valence-corrected chi connectivity index (χ0v) is 13.3. The van der Waals surface area contributed by atoms with Gasteiger partial charge < -0.3 is 9.84 Å². The molecule has 0 aliphatic heterocycles. The number of halogens is 2.